The summed E-state index contributed by atoms with van der Waals surface area (Å²) in [6.07, 6.45) is 3.37. The third kappa shape index (κ3) is 3.67. The Morgan fingerprint density at radius 3 is 2.85 bits per heavy atom. The van der Waals surface area contributed by atoms with Gasteiger partial charge in [0.2, 0.25) is 0 Å². The summed E-state index contributed by atoms with van der Waals surface area (Å²) in [5, 5.41) is 4.99. The minimum Gasteiger partial charge on any atom is -0.480 e. The summed E-state index contributed by atoms with van der Waals surface area (Å²) in [6.45, 7) is 2.14. The van der Waals surface area contributed by atoms with Crippen LogP contribution in [0.15, 0.2) is 54.9 Å². The van der Waals surface area contributed by atoms with E-state index in [2.05, 4.69) is 15.3 Å². The molecule has 5 heteroatoms. The Morgan fingerprint density at radius 1 is 1.19 bits per heavy atom. The first-order valence-electron chi connectivity index (χ1n) is 8.93. The normalized spacial score (nSPS) is 14.8. The molecule has 0 radical (unpaired) electrons. The fraction of sp³-hybridized carbons (Fsp3) is 0.286. The predicted molar refractivity (Wildman–Crippen MR) is 99.9 cm³/mol. The lowest BCUT2D eigenvalue weighted by Gasteiger charge is -2.16. The van der Waals surface area contributed by atoms with Crippen LogP contribution in [0.4, 0.5) is 0 Å². The van der Waals surface area contributed by atoms with E-state index in [4.69, 9.17) is 4.74 Å². The van der Waals surface area contributed by atoms with Gasteiger partial charge in [-0.2, -0.15) is 0 Å². The molecule has 1 aliphatic rings. The minimum absolute atomic E-state index is 0.162. The highest BCUT2D eigenvalue weighted by molar-refractivity contribution is 5.89. The Bertz CT molecular complexity index is 932. The number of rotatable bonds is 6. The van der Waals surface area contributed by atoms with E-state index in [0.717, 1.165) is 22.2 Å². The number of hydrogen-bond donors (Lipinski definition) is 1. The molecule has 1 unspecified atom stereocenters. The zero-order valence-electron chi connectivity index (χ0n) is 14.7. The first-order chi connectivity index (χ1) is 12.7. The number of carbonyl (C=O) groups excluding carboxylic acids is 1. The Morgan fingerprint density at radius 2 is 2.00 bits per heavy atom. The van der Waals surface area contributed by atoms with Gasteiger partial charge in [-0.15, -0.1) is 0 Å². The highest BCUT2D eigenvalue weighted by Crippen LogP contribution is 2.38. The molecule has 1 amide bonds. The number of amides is 1. The molecule has 0 bridgehead atoms. The van der Waals surface area contributed by atoms with Gasteiger partial charge in [0.1, 0.15) is 12.1 Å². The molecule has 0 saturated heterocycles. The summed E-state index contributed by atoms with van der Waals surface area (Å²) >= 11 is 0. The standard InChI is InChI=1S/C21H21N3O2/c1-14(26-20-8-4-6-15-5-2-3-7-18(15)20)21(25)22-12-17-11-19(16-9-10-16)24-13-23-17/h2-8,11,13-14,16H,9-10,12H2,1H3,(H,22,25). The number of aromatic nitrogens is 2. The average molecular weight is 347 g/mol. The zero-order valence-corrected chi connectivity index (χ0v) is 14.7. The van der Waals surface area contributed by atoms with Crippen molar-refractivity contribution in [2.24, 2.45) is 0 Å². The molecule has 3 aromatic rings. The number of ether oxygens (including phenoxy) is 1. The second-order valence-corrected chi connectivity index (χ2v) is 6.66. The van der Waals surface area contributed by atoms with Crippen molar-refractivity contribution in [2.45, 2.75) is 38.3 Å². The predicted octanol–water partition coefficient (Wildman–Crippen LogP) is 3.59. The van der Waals surface area contributed by atoms with Crippen LogP contribution in [0.1, 0.15) is 37.1 Å². The van der Waals surface area contributed by atoms with Crippen LogP contribution in [0.5, 0.6) is 5.75 Å². The summed E-state index contributed by atoms with van der Waals surface area (Å²) in [5.41, 5.74) is 1.90. The average Bonchev–Trinajstić information content (AvgIpc) is 3.52. The van der Waals surface area contributed by atoms with Crippen molar-refractivity contribution < 1.29 is 9.53 Å². The molecule has 0 spiro atoms. The van der Waals surface area contributed by atoms with E-state index in [-0.39, 0.29) is 5.91 Å². The van der Waals surface area contributed by atoms with E-state index in [1.165, 1.54) is 12.8 Å². The second kappa shape index (κ2) is 7.12. The molecule has 0 aliphatic heterocycles. The van der Waals surface area contributed by atoms with Crippen LogP contribution in [0.25, 0.3) is 10.8 Å². The molecule has 26 heavy (non-hydrogen) atoms. The van der Waals surface area contributed by atoms with Crippen LogP contribution in [0.2, 0.25) is 0 Å². The highest BCUT2D eigenvalue weighted by Gasteiger charge is 2.25. The van der Waals surface area contributed by atoms with Crippen molar-refractivity contribution in [3.05, 3.63) is 66.2 Å². The van der Waals surface area contributed by atoms with Crippen molar-refractivity contribution in [2.75, 3.05) is 0 Å². The molecular weight excluding hydrogens is 326 g/mol. The largest absolute Gasteiger partial charge is 0.480 e. The molecule has 1 saturated carbocycles. The number of nitrogens with one attached hydrogen (secondary N) is 1. The monoisotopic (exact) mass is 347 g/mol. The number of carbonyl (C=O) groups is 1. The van der Waals surface area contributed by atoms with E-state index in [9.17, 15) is 4.79 Å². The van der Waals surface area contributed by atoms with Gasteiger partial charge in [0, 0.05) is 17.0 Å². The van der Waals surface area contributed by atoms with Crippen LogP contribution in [-0.2, 0) is 11.3 Å². The molecule has 1 aliphatic carbocycles. The van der Waals surface area contributed by atoms with Gasteiger partial charge in [-0.05, 0) is 37.3 Å². The molecule has 1 aromatic heterocycles. The quantitative estimate of drug-likeness (QED) is 0.740. The number of fused-ring (bicyclic) bond motifs is 1. The fourth-order valence-electron chi connectivity index (χ4n) is 2.98. The Balaban J connectivity index is 1.39. The Hall–Kier alpha value is -2.95. The van der Waals surface area contributed by atoms with Gasteiger partial charge in [-0.1, -0.05) is 36.4 Å². The van der Waals surface area contributed by atoms with Gasteiger partial charge in [-0.25, -0.2) is 9.97 Å². The molecule has 4 rings (SSSR count). The van der Waals surface area contributed by atoms with Gasteiger partial charge in [0.05, 0.1) is 12.2 Å². The van der Waals surface area contributed by atoms with Gasteiger partial charge in [0.25, 0.3) is 5.91 Å². The fourth-order valence-corrected chi connectivity index (χ4v) is 2.98. The van der Waals surface area contributed by atoms with Gasteiger partial charge in [0.15, 0.2) is 6.10 Å². The number of nitrogens with zero attached hydrogens (tertiary/aromatic N) is 2. The highest BCUT2D eigenvalue weighted by atomic mass is 16.5. The lowest BCUT2D eigenvalue weighted by atomic mass is 10.1. The second-order valence-electron chi connectivity index (χ2n) is 6.66. The van der Waals surface area contributed by atoms with E-state index in [1.807, 2.05) is 48.5 Å². The molecule has 132 valence electrons. The van der Waals surface area contributed by atoms with Crippen molar-refractivity contribution in [3.8, 4) is 5.75 Å². The molecule has 1 atom stereocenters. The summed E-state index contributed by atoms with van der Waals surface area (Å²) in [6, 6.07) is 15.8. The Kier molecular flexibility index (Phi) is 4.52. The maximum absolute atomic E-state index is 12.4. The number of hydrogen-bond acceptors (Lipinski definition) is 4. The van der Waals surface area contributed by atoms with Crippen molar-refractivity contribution in [1.82, 2.24) is 15.3 Å². The lowest BCUT2D eigenvalue weighted by Crippen LogP contribution is -2.36. The maximum atomic E-state index is 12.4. The molecule has 1 fully saturated rings. The molecular formula is C21H21N3O2. The summed E-state index contributed by atoms with van der Waals surface area (Å²) in [4.78, 5) is 20.9. The molecule has 2 aromatic carbocycles. The summed E-state index contributed by atoms with van der Waals surface area (Å²) in [5.74, 6) is 1.12. The zero-order chi connectivity index (χ0) is 17.9. The van der Waals surface area contributed by atoms with E-state index >= 15 is 0 Å². The number of benzene rings is 2. The van der Waals surface area contributed by atoms with Gasteiger partial charge >= 0.3 is 0 Å². The maximum Gasteiger partial charge on any atom is 0.261 e. The van der Waals surface area contributed by atoms with Crippen molar-refractivity contribution in [1.29, 1.82) is 0 Å². The summed E-state index contributed by atoms with van der Waals surface area (Å²) < 4.78 is 5.90. The third-order valence-corrected chi connectivity index (χ3v) is 4.61. The molecule has 1 N–H and O–H groups in total. The third-order valence-electron chi connectivity index (χ3n) is 4.61. The van der Waals surface area contributed by atoms with Crippen LogP contribution in [0.3, 0.4) is 0 Å². The first-order valence-corrected chi connectivity index (χ1v) is 8.93. The molecule has 5 nitrogen and oxygen atoms in total. The first kappa shape index (κ1) is 16.5. The van der Waals surface area contributed by atoms with Crippen LogP contribution >= 0.6 is 0 Å². The van der Waals surface area contributed by atoms with Gasteiger partial charge < -0.3 is 10.1 Å². The van der Waals surface area contributed by atoms with E-state index < -0.39 is 6.10 Å². The van der Waals surface area contributed by atoms with Gasteiger partial charge in [-0.3, -0.25) is 4.79 Å². The smallest absolute Gasteiger partial charge is 0.261 e. The van der Waals surface area contributed by atoms with Crippen LogP contribution in [-0.4, -0.2) is 22.0 Å². The van der Waals surface area contributed by atoms with Crippen molar-refractivity contribution in [3.63, 3.8) is 0 Å². The van der Waals surface area contributed by atoms with Crippen LogP contribution < -0.4 is 10.1 Å². The summed E-state index contributed by atoms with van der Waals surface area (Å²) in [7, 11) is 0. The molecule has 1 heterocycles. The topological polar surface area (TPSA) is 64.1 Å². The van der Waals surface area contributed by atoms with Crippen molar-refractivity contribution >= 4 is 16.7 Å². The van der Waals surface area contributed by atoms with Crippen LogP contribution in [0, 0.1) is 0 Å². The van der Waals surface area contributed by atoms with E-state index in [0.29, 0.717) is 18.2 Å². The SMILES string of the molecule is CC(Oc1cccc2ccccc12)C(=O)NCc1cc(C2CC2)ncn1. The van der Waals surface area contributed by atoms with E-state index in [1.54, 1.807) is 13.3 Å². The Labute approximate surface area is 152 Å². The minimum atomic E-state index is -0.592. The lowest BCUT2D eigenvalue weighted by molar-refractivity contribution is -0.127.